The molecule has 0 radical (unpaired) electrons. The first-order valence-electron chi connectivity index (χ1n) is 6.12. The summed E-state index contributed by atoms with van der Waals surface area (Å²) in [5.41, 5.74) is 2.79. The average Bonchev–Trinajstić information content (AvgIpc) is 2.86. The van der Waals surface area contributed by atoms with E-state index in [1.807, 2.05) is 6.07 Å². The minimum absolute atomic E-state index is 0.0455. The van der Waals surface area contributed by atoms with Gasteiger partial charge in [0.05, 0.1) is 13.2 Å². The van der Waals surface area contributed by atoms with Crippen molar-refractivity contribution in [3.05, 3.63) is 29.3 Å². The number of hydrogen-bond acceptors (Lipinski definition) is 2. The lowest BCUT2D eigenvalue weighted by Gasteiger charge is -2.29. The molecule has 1 aromatic carbocycles. The van der Waals surface area contributed by atoms with E-state index in [1.165, 1.54) is 11.1 Å². The number of fused-ring (bicyclic) bond motifs is 2. The number of rotatable bonds is 1. The summed E-state index contributed by atoms with van der Waals surface area (Å²) < 4.78 is 5.30. The van der Waals surface area contributed by atoms with Crippen molar-refractivity contribution in [2.24, 2.45) is 0 Å². The molecule has 2 aliphatic rings. The highest BCUT2D eigenvalue weighted by Gasteiger charge is 2.47. The maximum Gasteiger partial charge on any atom is 0.119 e. The molecule has 16 heavy (non-hydrogen) atoms. The molecule has 1 N–H and O–H groups in total. The molecule has 0 aliphatic heterocycles. The van der Waals surface area contributed by atoms with Gasteiger partial charge in [0.25, 0.3) is 0 Å². The largest absolute Gasteiger partial charge is 0.497 e. The Balaban J connectivity index is 2.09. The van der Waals surface area contributed by atoms with Gasteiger partial charge in [-0.2, -0.15) is 0 Å². The molecular formula is C14H18O2. The van der Waals surface area contributed by atoms with Crippen molar-refractivity contribution in [1.82, 2.24) is 0 Å². The lowest BCUT2D eigenvalue weighted by Crippen LogP contribution is -2.32. The second-order valence-electron chi connectivity index (χ2n) is 5.09. The number of ether oxygens (including phenoxy) is 1. The van der Waals surface area contributed by atoms with Crippen molar-refractivity contribution in [3.8, 4) is 5.75 Å². The molecule has 1 saturated carbocycles. The second-order valence-corrected chi connectivity index (χ2v) is 5.09. The van der Waals surface area contributed by atoms with Gasteiger partial charge < -0.3 is 9.84 Å². The Morgan fingerprint density at radius 1 is 1.38 bits per heavy atom. The highest BCUT2D eigenvalue weighted by Crippen LogP contribution is 2.50. The molecule has 86 valence electrons. The zero-order chi connectivity index (χ0) is 11.2. The fraction of sp³-hybridized carbons (Fsp3) is 0.571. The number of benzene rings is 1. The monoisotopic (exact) mass is 218 g/mol. The summed E-state index contributed by atoms with van der Waals surface area (Å²) in [7, 11) is 1.70. The van der Waals surface area contributed by atoms with Gasteiger partial charge in [0.1, 0.15) is 5.75 Å². The maximum atomic E-state index is 10.2. The van der Waals surface area contributed by atoms with Gasteiger partial charge in [-0.05, 0) is 55.4 Å². The van der Waals surface area contributed by atoms with Crippen LogP contribution in [-0.4, -0.2) is 18.3 Å². The van der Waals surface area contributed by atoms with Crippen LogP contribution in [0.4, 0.5) is 0 Å². The van der Waals surface area contributed by atoms with E-state index in [4.69, 9.17) is 4.74 Å². The van der Waals surface area contributed by atoms with Gasteiger partial charge in [-0.1, -0.05) is 6.07 Å². The van der Waals surface area contributed by atoms with Crippen LogP contribution in [0.25, 0.3) is 0 Å². The predicted molar refractivity (Wildman–Crippen MR) is 62.9 cm³/mol. The molecule has 2 atom stereocenters. The molecule has 2 aliphatic carbocycles. The Labute approximate surface area is 96.2 Å². The quantitative estimate of drug-likeness (QED) is 0.784. The fourth-order valence-corrected chi connectivity index (χ4v) is 3.52. The Morgan fingerprint density at radius 2 is 2.25 bits per heavy atom. The van der Waals surface area contributed by atoms with Crippen molar-refractivity contribution in [1.29, 1.82) is 0 Å². The van der Waals surface area contributed by atoms with Crippen molar-refractivity contribution < 1.29 is 9.84 Å². The third kappa shape index (κ3) is 1.23. The number of aliphatic hydroxyl groups excluding tert-OH is 1. The van der Waals surface area contributed by atoms with E-state index < -0.39 is 0 Å². The van der Waals surface area contributed by atoms with E-state index in [0.717, 1.165) is 37.9 Å². The van der Waals surface area contributed by atoms with Crippen LogP contribution in [0.3, 0.4) is 0 Å². The number of aliphatic hydroxyl groups is 1. The van der Waals surface area contributed by atoms with Crippen LogP contribution in [0, 0.1) is 0 Å². The van der Waals surface area contributed by atoms with Gasteiger partial charge in [0.2, 0.25) is 0 Å². The summed E-state index contributed by atoms with van der Waals surface area (Å²) in [4.78, 5) is 0. The molecule has 1 aromatic rings. The highest BCUT2D eigenvalue weighted by atomic mass is 16.5. The zero-order valence-corrected chi connectivity index (χ0v) is 9.70. The van der Waals surface area contributed by atoms with E-state index in [1.54, 1.807) is 7.11 Å². The normalized spacial score (nSPS) is 32.0. The van der Waals surface area contributed by atoms with Crippen molar-refractivity contribution in [2.45, 2.75) is 43.6 Å². The van der Waals surface area contributed by atoms with Crippen LogP contribution in [-0.2, 0) is 11.8 Å². The van der Waals surface area contributed by atoms with E-state index in [-0.39, 0.29) is 11.5 Å². The Kier molecular flexibility index (Phi) is 2.21. The standard InChI is InChI=1S/C14H18O2/c1-16-11-5-4-10-6-8-14(12(10)9-11)7-2-3-13(14)15/h4-5,9,13,15H,2-3,6-8H2,1H3. The fourth-order valence-electron chi connectivity index (χ4n) is 3.52. The number of aryl methyl sites for hydroxylation is 1. The molecule has 0 aromatic heterocycles. The minimum atomic E-state index is -0.152. The summed E-state index contributed by atoms with van der Waals surface area (Å²) in [6.07, 6.45) is 5.30. The lowest BCUT2D eigenvalue weighted by atomic mass is 9.78. The summed E-state index contributed by atoms with van der Waals surface area (Å²) in [5.74, 6) is 0.916. The Hall–Kier alpha value is -1.02. The third-order valence-corrected chi connectivity index (χ3v) is 4.43. The summed E-state index contributed by atoms with van der Waals surface area (Å²) >= 11 is 0. The van der Waals surface area contributed by atoms with Crippen LogP contribution in [0.5, 0.6) is 5.75 Å². The van der Waals surface area contributed by atoms with Crippen LogP contribution in [0.15, 0.2) is 18.2 Å². The molecule has 3 rings (SSSR count). The molecular weight excluding hydrogens is 200 g/mol. The Morgan fingerprint density at radius 3 is 2.94 bits per heavy atom. The molecule has 0 amide bonds. The maximum absolute atomic E-state index is 10.2. The first-order chi connectivity index (χ1) is 7.76. The van der Waals surface area contributed by atoms with Gasteiger partial charge in [-0.15, -0.1) is 0 Å². The summed E-state index contributed by atoms with van der Waals surface area (Å²) in [6.45, 7) is 0. The first kappa shape index (κ1) is 10.2. The molecule has 2 unspecified atom stereocenters. The molecule has 2 nitrogen and oxygen atoms in total. The molecule has 0 heterocycles. The molecule has 0 saturated heterocycles. The number of hydrogen-bond donors (Lipinski definition) is 1. The molecule has 2 heteroatoms. The van der Waals surface area contributed by atoms with E-state index in [0.29, 0.717) is 0 Å². The van der Waals surface area contributed by atoms with Gasteiger partial charge in [-0.3, -0.25) is 0 Å². The zero-order valence-electron chi connectivity index (χ0n) is 9.70. The van der Waals surface area contributed by atoms with Crippen LogP contribution >= 0.6 is 0 Å². The van der Waals surface area contributed by atoms with E-state index in [2.05, 4.69) is 12.1 Å². The third-order valence-electron chi connectivity index (χ3n) is 4.43. The van der Waals surface area contributed by atoms with Gasteiger partial charge in [-0.25, -0.2) is 0 Å². The molecule has 1 fully saturated rings. The van der Waals surface area contributed by atoms with Crippen LogP contribution < -0.4 is 4.74 Å². The molecule has 0 bridgehead atoms. The summed E-state index contributed by atoms with van der Waals surface area (Å²) in [5, 5.41) is 10.2. The van der Waals surface area contributed by atoms with Crippen molar-refractivity contribution in [2.75, 3.05) is 7.11 Å². The van der Waals surface area contributed by atoms with Crippen LogP contribution in [0.2, 0.25) is 0 Å². The Bertz CT molecular complexity index is 413. The summed E-state index contributed by atoms with van der Waals surface area (Å²) in [6, 6.07) is 6.32. The van der Waals surface area contributed by atoms with Gasteiger partial charge >= 0.3 is 0 Å². The lowest BCUT2D eigenvalue weighted by molar-refractivity contribution is 0.106. The minimum Gasteiger partial charge on any atom is -0.497 e. The van der Waals surface area contributed by atoms with Crippen molar-refractivity contribution >= 4 is 0 Å². The molecule has 1 spiro atoms. The number of methoxy groups -OCH3 is 1. The van der Waals surface area contributed by atoms with Crippen molar-refractivity contribution in [3.63, 3.8) is 0 Å². The average molecular weight is 218 g/mol. The SMILES string of the molecule is COc1ccc2c(c1)C1(CCCC1O)CC2. The predicted octanol–water partition coefficient (Wildman–Crippen LogP) is 2.42. The van der Waals surface area contributed by atoms with Gasteiger partial charge in [0, 0.05) is 5.41 Å². The first-order valence-corrected chi connectivity index (χ1v) is 6.12. The smallest absolute Gasteiger partial charge is 0.119 e. The second kappa shape index (κ2) is 3.49. The van der Waals surface area contributed by atoms with E-state index >= 15 is 0 Å². The highest BCUT2D eigenvalue weighted by molar-refractivity contribution is 5.46. The van der Waals surface area contributed by atoms with Gasteiger partial charge in [0.15, 0.2) is 0 Å². The topological polar surface area (TPSA) is 29.5 Å². The van der Waals surface area contributed by atoms with Crippen LogP contribution in [0.1, 0.15) is 36.8 Å². The van der Waals surface area contributed by atoms with E-state index in [9.17, 15) is 5.11 Å².